The molecular weight excluding hydrogens is 418 g/mol. The molecular formula is C22H22BrN3O2. The van der Waals surface area contributed by atoms with E-state index in [1.165, 1.54) is 18.4 Å². The van der Waals surface area contributed by atoms with Crippen molar-refractivity contribution in [2.24, 2.45) is 0 Å². The predicted octanol–water partition coefficient (Wildman–Crippen LogP) is 4.67. The molecule has 0 radical (unpaired) electrons. The summed E-state index contributed by atoms with van der Waals surface area (Å²) in [4.78, 5) is 15.1. The fraction of sp³-hybridized carbons (Fsp3) is 0.273. The highest BCUT2D eigenvalue weighted by Gasteiger charge is 2.24. The Kier molecular flexibility index (Phi) is 5.88. The van der Waals surface area contributed by atoms with Crippen LogP contribution in [0.15, 0.2) is 69.7 Å². The van der Waals surface area contributed by atoms with Crippen molar-refractivity contribution in [3.8, 4) is 11.3 Å². The summed E-state index contributed by atoms with van der Waals surface area (Å²) in [6.07, 6.45) is 2.41. The Balaban J connectivity index is 1.44. The Bertz CT molecular complexity index is 918. The van der Waals surface area contributed by atoms with Crippen LogP contribution in [0, 0.1) is 0 Å². The second-order valence-corrected chi connectivity index (χ2v) is 7.88. The van der Waals surface area contributed by atoms with Crippen LogP contribution in [0.5, 0.6) is 0 Å². The first-order valence-electron chi connectivity index (χ1n) is 9.50. The van der Waals surface area contributed by atoms with Crippen molar-refractivity contribution in [1.82, 2.24) is 15.4 Å². The van der Waals surface area contributed by atoms with Crippen molar-refractivity contribution in [3.05, 3.63) is 76.4 Å². The molecule has 2 aromatic carbocycles. The molecule has 1 aliphatic rings. The first-order chi connectivity index (χ1) is 13.7. The van der Waals surface area contributed by atoms with E-state index in [0.29, 0.717) is 18.0 Å². The van der Waals surface area contributed by atoms with E-state index in [2.05, 4.69) is 43.4 Å². The maximum absolute atomic E-state index is 12.6. The van der Waals surface area contributed by atoms with Crippen LogP contribution in [-0.2, 0) is 0 Å². The largest absolute Gasteiger partial charge is 0.355 e. The van der Waals surface area contributed by atoms with Gasteiger partial charge >= 0.3 is 0 Å². The lowest BCUT2D eigenvalue weighted by atomic mass is 10.1. The summed E-state index contributed by atoms with van der Waals surface area (Å²) in [6.45, 7) is 2.67. The predicted molar refractivity (Wildman–Crippen MR) is 112 cm³/mol. The lowest BCUT2D eigenvalue weighted by Gasteiger charge is -2.28. The summed E-state index contributed by atoms with van der Waals surface area (Å²) < 4.78 is 6.35. The number of hydrogen-bond acceptors (Lipinski definition) is 4. The maximum atomic E-state index is 12.6. The van der Waals surface area contributed by atoms with Gasteiger partial charge in [-0.15, -0.1) is 0 Å². The minimum Gasteiger partial charge on any atom is -0.355 e. The number of halogens is 1. The normalized spacial score (nSPS) is 15.5. The molecule has 28 heavy (non-hydrogen) atoms. The summed E-state index contributed by atoms with van der Waals surface area (Å²) >= 11 is 3.41. The molecule has 0 aliphatic carbocycles. The molecule has 1 saturated heterocycles. The van der Waals surface area contributed by atoms with Gasteiger partial charge in [0.05, 0.1) is 6.04 Å². The zero-order valence-electron chi connectivity index (χ0n) is 15.5. The fourth-order valence-corrected chi connectivity index (χ4v) is 3.86. The number of nitrogens with zero attached hydrogens (tertiary/aromatic N) is 2. The highest BCUT2D eigenvalue weighted by atomic mass is 79.9. The summed E-state index contributed by atoms with van der Waals surface area (Å²) in [6, 6.07) is 19.9. The third-order valence-electron chi connectivity index (χ3n) is 5.09. The van der Waals surface area contributed by atoms with E-state index in [4.69, 9.17) is 4.52 Å². The number of aromatic nitrogens is 1. The van der Waals surface area contributed by atoms with E-state index in [1.54, 1.807) is 6.07 Å². The maximum Gasteiger partial charge on any atom is 0.273 e. The van der Waals surface area contributed by atoms with Crippen molar-refractivity contribution in [2.45, 2.75) is 18.9 Å². The zero-order valence-corrected chi connectivity index (χ0v) is 17.1. The summed E-state index contributed by atoms with van der Waals surface area (Å²) in [5, 5.41) is 6.99. The van der Waals surface area contributed by atoms with Crippen LogP contribution >= 0.6 is 15.9 Å². The standard InChI is InChI=1S/C22H22BrN3O2/c23-18-10-8-17(9-11-18)21-14-19(25-28-21)22(27)24-15-20(26-12-4-5-13-26)16-6-2-1-3-7-16/h1-3,6-11,14,20H,4-5,12-13,15H2,(H,24,27). The van der Waals surface area contributed by atoms with Crippen LogP contribution in [0.2, 0.25) is 0 Å². The molecule has 2 heterocycles. The van der Waals surface area contributed by atoms with E-state index in [-0.39, 0.29) is 11.9 Å². The molecule has 0 spiro atoms. The molecule has 1 fully saturated rings. The molecule has 5 nitrogen and oxygen atoms in total. The first-order valence-corrected chi connectivity index (χ1v) is 10.3. The van der Waals surface area contributed by atoms with Crippen LogP contribution in [0.3, 0.4) is 0 Å². The average molecular weight is 440 g/mol. The summed E-state index contributed by atoms with van der Waals surface area (Å²) in [5.41, 5.74) is 2.40. The van der Waals surface area contributed by atoms with Gasteiger partial charge in [-0.2, -0.15) is 0 Å². The van der Waals surface area contributed by atoms with Gasteiger partial charge in [0.25, 0.3) is 5.91 Å². The topological polar surface area (TPSA) is 58.4 Å². The molecule has 4 rings (SSSR count). The SMILES string of the molecule is O=C(NCC(c1ccccc1)N1CCCC1)c1cc(-c2ccc(Br)cc2)on1. The van der Waals surface area contributed by atoms with Gasteiger partial charge in [0.15, 0.2) is 11.5 Å². The van der Waals surface area contributed by atoms with Gasteiger partial charge in [0.2, 0.25) is 0 Å². The van der Waals surface area contributed by atoms with Gasteiger partial charge in [-0.3, -0.25) is 9.69 Å². The molecule has 0 bridgehead atoms. The Labute approximate surface area is 172 Å². The second kappa shape index (κ2) is 8.71. The lowest BCUT2D eigenvalue weighted by Crippen LogP contribution is -2.36. The van der Waals surface area contributed by atoms with Crippen molar-refractivity contribution < 1.29 is 9.32 Å². The van der Waals surface area contributed by atoms with Crippen LogP contribution in [-0.4, -0.2) is 35.6 Å². The summed E-state index contributed by atoms with van der Waals surface area (Å²) in [7, 11) is 0. The van der Waals surface area contributed by atoms with Gasteiger partial charge in [0, 0.05) is 22.6 Å². The molecule has 1 aromatic heterocycles. The Morgan fingerprint density at radius 3 is 2.54 bits per heavy atom. The monoisotopic (exact) mass is 439 g/mol. The number of benzene rings is 2. The minimum atomic E-state index is -0.216. The summed E-state index contributed by atoms with van der Waals surface area (Å²) in [5.74, 6) is 0.365. The molecule has 6 heteroatoms. The highest BCUT2D eigenvalue weighted by molar-refractivity contribution is 9.10. The molecule has 144 valence electrons. The quantitative estimate of drug-likeness (QED) is 0.605. The van der Waals surface area contributed by atoms with Crippen LogP contribution in [0.4, 0.5) is 0 Å². The molecule has 0 saturated carbocycles. The minimum absolute atomic E-state index is 0.172. The first kappa shape index (κ1) is 18.9. The average Bonchev–Trinajstić information content (AvgIpc) is 3.42. The second-order valence-electron chi connectivity index (χ2n) is 6.96. The number of carbonyl (C=O) groups excluding carboxylic acids is 1. The Hall–Kier alpha value is -2.44. The van der Waals surface area contributed by atoms with Crippen molar-refractivity contribution in [1.29, 1.82) is 0 Å². The number of hydrogen-bond donors (Lipinski definition) is 1. The molecule has 1 aliphatic heterocycles. The van der Waals surface area contributed by atoms with Gasteiger partial charge in [-0.25, -0.2) is 0 Å². The van der Waals surface area contributed by atoms with E-state index in [1.807, 2.05) is 42.5 Å². The van der Waals surface area contributed by atoms with E-state index >= 15 is 0 Å². The Morgan fingerprint density at radius 2 is 1.82 bits per heavy atom. The number of carbonyl (C=O) groups is 1. The Morgan fingerprint density at radius 1 is 1.11 bits per heavy atom. The van der Waals surface area contributed by atoms with E-state index in [0.717, 1.165) is 23.1 Å². The molecule has 1 N–H and O–H groups in total. The third-order valence-corrected chi connectivity index (χ3v) is 5.62. The van der Waals surface area contributed by atoms with Gasteiger partial charge < -0.3 is 9.84 Å². The van der Waals surface area contributed by atoms with Crippen LogP contribution in [0.1, 0.15) is 34.9 Å². The molecule has 1 amide bonds. The van der Waals surface area contributed by atoms with Crippen molar-refractivity contribution >= 4 is 21.8 Å². The van der Waals surface area contributed by atoms with E-state index in [9.17, 15) is 4.79 Å². The number of likely N-dealkylation sites (tertiary alicyclic amines) is 1. The smallest absolute Gasteiger partial charge is 0.273 e. The van der Waals surface area contributed by atoms with Gasteiger partial charge in [-0.05, 0) is 43.6 Å². The third kappa shape index (κ3) is 4.34. The molecule has 1 atom stereocenters. The fourth-order valence-electron chi connectivity index (χ4n) is 3.60. The highest BCUT2D eigenvalue weighted by Crippen LogP contribution is 2.25. The number of rotatable bonds is 6. The van der Waals surface area contributed by atoms with Gasteiger partial charge in [0.1, 0.15) is 0 Å². The lowest BCUT2D eigenvalue weighted by molar-refractivity contribution is 0.0929. The van der Waals surface area contributed by atoms with E-state index < -0.39 is 0 Å². The number of nitrogens with one attached hydrogen (secondary N) is 1. The van der Waals surface area contributed by atoms with Crippen LogP contribution in [0.25, 0.3) is 11.3 Å². The van der Waals surface area contributed by atoms with Crippen LogP contribution < -0.4 is 5.32 Å². The van der Waals surface area contributed by atoms with Gasteiger partial charge in [-0.1, -0.05) is 63.6 Å². The molecule has 1 unspecified atom stereocenters. The number of amides is 1. The zero-order chi connectivity index (χ0) is 19.3. The van der Waals surface area contributed by atoms with Crippen molar-refractivity contribution in [2.75, 3.05) is 19.6 Å². The van der Waals surface area contributed by atoms with Crippen molar-refractivity contribution in [3.63, 3.8) is 0 Å². The molecule has 3 aromatic rings.